The molecule has 0 bridgehead atoms. The summed E-state index contributed by atoms with van der Waals surface area (Å²) < 4.78 is 10.8. The Hall–Kier alpha value is -3.02. The van der Waals surface area contributed by atoms with Crippen LogP contribution >= 0.6 is 0 Å². The fourth-order valence-corrected chi connectivity index (χ4v) is 4.22. The summed E-state index contributed by atoms with van der Waals surface area (Å²) in [6.45, 7) is 4.63. The standard InChI is InChI=1S/C23H24N2O4/c1-15-2-4-16(5-3-15)22(26)24-8-10-25(11-9-24)23(27)19-13-18(19)17-6-7-20-21(12-17)29-14-28-20/h2-7,12,18-19H,8-11,13-14H2,1H3. The molecule has 3 aliphatic rings. The molecule has 0 spiro atoms. The molecule has 2 fully saturated rings. The molecule has 2 aromatic carbocycles. The Labute approximate surface area is 170 Å². The third-order valence-electron chi connectivity index (χ3n) is 6.11. The van der Waals surface area contributed by atoms with Crippen LogP contribution in [0.1, 0.15) is 33.8 Å². The molecule has 6 nitrogen and oxygen atoms in total. The Balaban J connectivity index is 1.17. The van der Waals surface area contributed by atoms with E-state index in [1.807, 2.05) is 59.2 Å². The van der Waals surface area contributed by atoms with Crippen molar-refractivity contribution in [3.05, 3.63) is 59.2 Å². The van der Waals surface area contributed by atoms with Gasteiger partial charge in [0.25, 0.3) is 5.91 Å². The predicted molar refractivity (Wildman–Crippen MR) is 107 cm³/mol. The molecule has 5 rings (SSSR count). The Morgan fingerprint density at radius 3 is 2.34 bits per heavy atom. The Morgan fingerprint density at radius 2 is 1.59 bits per heavy atom. The lowest BCUT2D eigenvalue weighted by molar-refractivity contribution is -0.134. The van der Waals surface area contributed by atoms with Crippen LogP contribution < -0.4 is 9.47 Å². The molecular weight excluding hydrogens is 368 g/mol. The van der Waals surface area contributed by atoms with Crippen molar-refractivity contribution in [2.45, 2.75) is 19.3 Å². The van der Waals surface area contributed by atoms with Crippen LogP contribution in [0.25, 0.3) is 0 Å². The van der Waals surface area contributed by atoms with Gasteiger partial charge >= 0.3 is 0 Å². The van der Waals surface area contributed by atoms with Crippen LogP contribution in [-0.2, 0) is 4.79 Å². The molecule has 2 heterocycles. The quantitative estimate of drug-likeness (QED) is 0.806. The van der Waals surface area contributed by atoms with Gasteiger partial charge in [0.2, 0.25) is 12.7 Å². The van der Waals surface area contributed by atoms with Gasteiger partial charge in [0.05, 0.1) is 0 Å². The van der Waals surface area contributed by atoms with Gasteiger partial charge in [-0.15, -0.1) is 0 Å². The molecule has 2 aliphatic heterocycles. The zero-order valence-electron chi connectivity index (χ0n) is 16.5. The second-order valence-corrected chi connectivity index (χ2v) is 8.04. The zero-order chi connectivity index (χ0) is 20.0. The highest BCUT2D eigenvalue weighted by Crippen LogP contribution is 2.50. The van der Waals surface area contributed by atoms with Crippen LogP contribution in [0.2, 0.25) is 0 Å². The second-order valence-electron chi connectivity index (χ2n) is 8.04. The van der Waals surface area contributed by atoms with Gasteiger partial charge in [0, 0.05) is 37.7 Å². The largest absolute Gasteiger partial charge is 0.454 e. The van der Waals surface area contributed by atoms with Crippen LogP contribution in [0.5, 0.6) is 11.5 Å². The van der Waals surface area contributed by atoms with Gasteiger partial charge in [-0.25, -0.2) is 0 Å². The predicted octanol–water partition coefficient (Wildman–Crippen LogP) is 2.81. The summed E-state index contributed by atoms with van der Waals surface area (Å²) in [5, 5.41) is 0. The summed E-state index contributed by atoms with van der Waals surface area (Å²) in [4.78, 5) is 29.3. The van der Waals surface area contributed by atoms with Gasteiger partial charge < -0.3 is 19.3 Å². The van der Waals surface area contributed by atoms with Crippen molar-refractivity contribution < 1.29 is 19.1 Å². The van der Waals surface area contributed by atoms with Gasteiger partial charge in [0.1, 0.15) is 0 Å². The molecule has 2 atom stereocenters. The van der Waals surface area contributed by atoms with Crippen LogP contribution in [0.4, 0.5) is 0 Å². The molecule has 1 saturated heterocycles. The molecule has 6 heteroatoms. The maximum Gasteiger partial charge on any atom is 0.253 e. The maximum atomic E-state index is 12.9. The molecule has 0 aromatic heterocycles. The molecule has 0 radical (unpaired) electrons. The number of hydrogen-bond acceptors (Lipinski definition) is 4. The van der Waals surface area contributed by atoms with E-state index >= 15 is 0 Å². The minimum atomic E-state index is 0.0368. The normalized spacial score (nSPS) is 22.5. The number of hydrogen-bond donors (Lipinski definition) is 0. The monoisotopic (exact) mass is 392 g/mol. The van der Waals surface area contributed by atoms with Gasteiger partial charge in [-0.2, -0.15) is 0 Å². The number of fused-ring (bicyclic) bond motifs is 1. The molecule has 150 valence electrons. The van der Waals surface area contributed by atoms with Gasteiger partial charge in [-0.1, -0.05) is 23.8 Å². The van der Waals surface area contributed by atoms with Crippen molar-refractivity contribution in [2.75, 3.05) is 33.0 Å². The average molecular weight is 392 g/mol. The first kappa shape index (κ1) is 18.0. The topological polar surface area (TPSA) is 59.1 Å². The first-order chi connectivity index (χ1) is 14.1. The SMILES string of the molecule is Cc1ccc(C(=O)N2CCN(C(=O)C3CC3c3ccc4c(c3)OCO4)CC2)cc1. The fourth-order valence-electron chi connectivity index (χ4n) is 4.22. The number of benzene rings is 2. The van der Waals surface area contributed by atoms with Crippen molar-refractivity contribution in [2.24, 2.45) is 5.92 Å². The highest BCUT2D eigenvalue weighted by atomic mass is 16.7. The van der Waals surface area contributed by atoms with E-state index in [-0.39, 0.29) is 30.4 Å². The Bertz CT molecular complexity index is 948. The third-order valence-corrected chi connectivity index (χ3v) is 6.11. The van der Waals surface area contributed by atoms with E-state index in [9.17, 15) is 9.59 Å². The molecule has 1 aliphatic carbocycles. The lowest BCUT2D eigenvalue weighted by atomic mass is 10.1. The van der Waals surface area contributed by atoms with E-state index < -0.39 is 0 Å². The van der Waals surface area contributed by atoms with E-state index in [0.717, 1.165) is 29.0 Å². The van der Waals surface area contributed by atoms with Crippen molar-refractivity contribution in [1.29, 1.82) is 0 Å². The lowest BCUT2D eigenvalue weighted by Crippen LogP contribution is -2.51. The highest BCUT2D eigenvalue weighted by molar-refractivity contribution is 5.94. The molecule has 2 unspecified atom stereocenters. The third kappa shape index (κ3) is 3.43. The average Bonchev–Trinajstić information content (AvgIpc) is 3.42. The number of piperazine rings is 1. The van der Waals surface area contributed by atoms with Gasteiger partial charge in [0.15, 0.2) is 11.5 Å². The summed E-state index contributed by atoms with van der Waals surface area (Å²) in [5.74, 6) is 2.08. The molecule has 2 aromatic rings. The molecule has 0 N–H and O–H groups in total. The van der Waals surface area contributed by atoms with E-state index in [2.05, 4.69) is 0 Å². The van der Waals surface area contributed by atoms with Gasteiger partial charge in [-0.05, 0) is 49.1 Å². The number of carbonyl (C=O) groups is 2. The summed E-state index contributed by atoms with van der Waals surface area (Å²) in [6.07, 6.45) is 0.876. The van der Waals surface area contributed by atoms with E-state index in [0.29, 0.717) is 31.7 Å². The number of nitrogens with zero attached hydrogens (tertiary/aromatic N) is 2. The van der Waals surface area contributed by atoms with Crippen LogP contribution in [-0.4, -0.2) is 54.6 Å². The smallest absolute Gasteiger partial charge is 0.253 e. The number of aryl methyl sites for hydroxylation is 1. The van der Waals surface area contributed by atoms with Crippen molar-refractivity contribution in [3.8, 4) is 11.5 Å². The molecule has 2 amide bonds. The zero-order valence-corrected chi connectivity index (χ0v) is 16.5. The fraction of sp³-hybridized carbons (Fsp3) is 0.391. The van der Waals surface area contributed by atoms with Gasteiger partial charge in [-0.3, -0.25) is 9.59 Å². The second kappa shape index (κ2) is 7.10. The first-order valence-electron chi connectivity index (χ1n) is 10.1. The summed E-state index contributed by atoms with van der Waals surface area (Å²) in [6, 6.07) is 13.6. The van der Waals surface area contributed by atoms with Crippen molar-refractivity contribution in [3.63, 3.8) is 0 Å². The van der Waals surface area contributed by atoms with Crippen LogP contribution in [0.15, 0.2) is 42.5 Å². The molecule has 1 saturated carbocycles. The van der Waals surface area contributed by atoms with E-state index in [1.54, 1.807) is 0 Å². The van der Waals surface area contributed by atoms with Crippen LogP contribution in [0.3, 0.4) is 0 Å². The van der Waals surface area contributed by atoms with E-state index in [1.165, 1.54) is 0 Å². The number of ether oxygens (including phenoxy) is 2. The highest BCUT2D eigenvalue weighted by Gasteiger charge is 2.46. The van der Waals surface area contributed by atoms with Crippen LogP contribution in [0, 0.1) is 12.8 Å². The minimum absolute atomic E-state index is 0.0368. The number of amides is 2. The minimum Gasteiger partial charge on any atom is -0.454 e. The first-order valence-corrected chi connectivity index (χ1v) is 10.1. The summed E-state index contributed by atoms with van der Waals surface area (Å²) in [7, 11) is 0. The summed E-state index contributed by atoms with van der Waals surface area (Å²) >= 11 is 0. The molecule has 29 heavy (non-hydrogen) atoms. The van der Waals surface area contributed by atoms with E-state index in [4.69, 9.17) is 9.47 Å². The number of carbonyl (C=O) groups excluding carboxylic acids is 2. The lowest BCUT2D eigenvalue weighted by Gasteiger charge is -2.35. The summed E-state index contributed by atoms with van der Waals surface area (Å²) in [5.41, 5.74) is 2.99. The number of rotatable bonds is 3. The Kier molecular flexibility index (Phi) is 4.42. The van der Waals surface area contributed by atoms with Crippen molar-refractivity contribution >= 4 is 11.8 Å². The molecular formula is C23H24N2O4. The Morgan fingerprint density at radius 1 is 0.897 bits per heavy atom. The van der Waals surface area contributed by atoms with Crippen molar-refractivity contribution in [1.82, 2.24) is 9.80 Å². The maximum absolute atomic E-state index is 12.9.